The summed E-state index contributed by atoms with van der Waals surface area (Å²) in [5.41, 5.74) is 7.87. The van der Waals surface area contributed by atoms with E-state index in [0.717, 1.165) is 24.2 Å². The first kappa shape index (κ1) is 13.8. The fourth-order valence-electron chi connectivity index (χ4n) is 2.01. The number of likely N-dealkylation sites (N-methyl/N-ethyl adjacent to an activating group) is 1. The summed E-state index contributed by atoms with van der Waals surface area (Å²) >= 11 is 6.00. The minimum Gasteiger partial charge on any atom is -0.383 e. The third kappa shape index (κ3) is 3.66. The van der Waals surface area contributed by atoms with Crippen LogP contribution in [0, 0.1) is 0 Å². The molecule has 5 heteroatoms. The Morgan fingerprint density at radius 1 is 1.37 bits per heavy atom. The second kappa shape index (κ2) is 6.50. The van der Waals surface area contributed by atoms with Crippen molar-refractivity contribution in [3.05, 3.63) is 52.9 Å². The Kier molecular flexibility index (Phi) is 4.71. The van der Waals surface area contributed by atoms with Gasteiger partial charge < -0.3 is 11.1 Å². The van der Waals surface area contributed by atoms with Crippen LogP contribution >= 0.6 is 11.6 Å². The molecule has 0 saturated carbocycles. The minimum atomic E-state index is 0.0612. The number of nitrogens with one attached hydrogen (secondary N) is 1. The van der Waals surface area contributed by atoms with Crippen molar-refractivity contribution >= 4 is 17.4 Å². The molecule has 0 saturated heterocycles. The third-order valence-corrected chi connectivity index (χ3v) is 3.09. The van der Waals surface area contributed by atoms with Crippen LogP contribution in [-0.4, -0.2) is 16.5 Å². The first-order chi connectivity index (χ1) is 9.20. The van der Waals surface area contributed by atoms with E-state index >= 15 is 0 Å². The number of nitrogens with zero attached hydrogens (tertiary/aromatic N) is 2. The number of aromatic nitrogens is 2. The zero-order valence-electron chi connectivity index (χ0n) is 10.8. The number of hydrogen-bond donors (Lipinski definition) is 2. The van der Waals surface area contributed by atoms with Crippen LogP contribution in [0.1, 0.15) is 24.2 Å². The Morgan fingerprint density at radius 2 is 2.21 bits per heavy atom. The molecule has 1 atom stereocenters. The maximum absolute atomic E-state index is 6.00. The van der Waals surface area contributed by atoms with Crippen molar-refractivity contribution in [3.63, 3.8) is 0 Å². The highest BCUT2D eigenvalue weighted by molar-refractivity contribution is 6.30. The summed E-state index contributed by atoms with van der Waals surface area (Å²) in [5.74, 6) is 0.506. The molecule has 0 amide bonds. The van der Waals surface area contributed by atoms with E-state index in [0.29, 0.717) is 10.8 Å². The fraction of sp³-hybridized carbons (Fsp3) is 0.286. The van der Waals surface area contributed by atoms with Crippen LogP contribution in [0.25, 0.3) is 0 Å². The lowest BCUT2D eigenvalue weighted by molar-refractivity contribution is 0.544. The summed E-state index contributed by atoms with van der Waals surface area (Å²) in [7, 11) is 0. The predicted octanol–water partition coefficient (Wildman–Crippen LogP) is 2.61. The average Bonchev–Trinajstić information content (AvgIpc) is 2.42. The van der Waals surface area contributed by atoms with Crippen LogP contribution in [0.3, 0.4) is 0 Å². The first-order valence-corrected chi connectivity index (χ1v) is 6.62. The molecule has 0 fully saturated rings. The van der Waals surface area contributed by atoms with Crippen molar-refractivity contribution in [2.24, 2.45) is 0 Å². The highest BCUT2D eigenvalue weighted by atomic mass is 35.5. The zero-order chi connectivity index (χ0) is 13.7. The Balaban J connectivity index is 2.27. The van der Waals surface area contributed by atoms with E-state index in [9.17, 15) is 0 Å². The third-order valence-electron chi connectivity index (χ3n) is 2.88. The van der Waals surface area contributed by atoms with Crippen molar-refractivity contribution in [1.82, 2.24) is 15.3 Å². The van der Waals surface area contributed by atoms with Crippen molar-refractivity contribution in [2.75, 3.05) is 12.3 Å². The van der Waals surface area contributed by atoms with E-state index in [4.69, 9.17) is 17.3 Å². The predicted molar refractivity (Wildman–Crippen MR) is 78.0 cm³/mol. The maximum Gasteiger partial charge on any atom is 0.128 e. The van der Waals surface area contributed by atoms with E-state index in [1.165, 1.54) is 0 Å². The molecule has 4 nitrogen and oxygen atoms in total. The van der Waals surface area contributed by atoms with Gasteiger partial charge in [-0.2, -0.15) is 0 Å². The minimum absolute atomic E-state index is 0.0612. The second-order valence-electron chi connectivity index (χ2n) is 4.26. The average molecular weight is 277 g/mol. The van der Waals surface area contributed by atoms with Gasteiger partial charge in [0.2, 0.25) is 0 Å². The number of nitrogens with two attached hydrogens (primary N) is 1. The molecule has 1 unspecified atom stereocenters. The van der Waals surface area contributed by atoms with Gasteiger partial charge in [-0.25, -0.2) is 4.98 Å². The summed E-state index contributed by atoms with van der Waals surface area (Å²) in [6.45, 7) is 2.89. The standard InChI is InChI=1S/C14H17ClN4/c1-2-17-13(8-11-5-3-4-6-18-11)12-7-10(15)9-19-14(12)16/h3-7,9,13,17H,2,8H2,1H3,(H2,16,19). The highest BCUT2D eigenvalue weighted by Crippen LogP contribution is 2.24. The SMILES string of the molecule is CCNC(Cc1ccccn1)c1cc(Cl)cnc1N. The molecule has 0 aliphatic rings. The molecule has 19 heavy (non-hydrogen) atoms. The zero-order valence-corrected chi connectivity index (χ0v) is 11.6. The van der Waals surface area contributed by atoms with Crippen LogP contribution in [0.15, 0.2) is 36.7 Å². The van der Waals surface area contributed by atoms with Crippen molar-refractivity contribution in [3.8, 4) is 0 Å². The Bertz CT molecular complexity index is 530. The molecule has 0 radical (unpaired) electrons. The van der Waals surface area contributed by atoms with E-state index in [1.807, 2.05) is 24.3 Å². The van der Waals surface area contributed by atoms with E-state index < -0.39 is 0 Å². The lowest BCUT2D eigenvalue weighted by Crippen LogP contribution is -2.24. The van der Waals surface area contributed by atoms with Gasteiger partial charge in [-0.15, -0.1) is 0 Å². The Morgan fingerprint density at radius 3 is 2.89 bits per heavy atom. The summed E-state index contributed by atoms with van der Waals surface area (Å²) < 4.78 is 0. The summed E-state index contributed by atoms with van der Waals surface area (Å²) in [4.78, 5) is 8.45. The van der Waals surface area contributed by atoms with Crippen molar-refractivity contribution in [2.45, 2.75) is 19.4 Å². The molecule has 3 N–H and O–H groups in total. The van der Waals surface area contributed by atoms with Gasteiger partial charge >= 0.3 is 0 Å². The molecule has 0 spiro atoms. The van der Waals surface area contributed by atoms with Crippen molar-refractivity contribution < 1.29 is 0 Å². The molecular weight excluding hydrogens is 260 g/mol. The Labute approximate surface area is 118 Å². The van der Waals surface area contributed by atoms with Crippen LogP contribution in [0.4, 0.5) is 5.82 Å². The summed E-state index contributed by atoms with van der Waals surface area (Å²) in [6.07, 6.45) is 4.10. The maximum atomic E-state index is 6.00. The van der Waals surface area contributed by atoms with Gasteiger partial charge in [0.15, 0.2) is 0 Å². The lowest BCUT2D eigenvalue weighted by atomic mass is 10.0. The van der Waals surface area contributed by atoms with E-state index in [-0.39, 0.29) is 6.04 Å². The molecular formula is C14H17ClN4. The number of hydrogen-bond acceptors (Lipinski definition) is 4. The fourth-order valence-corrected chi connectivity index (χ4v) is 2.18. The lowest BCUT2D eigenvalue weighted by Gasteiger charge is -2.19. The topological polar surface area (TPSA) is 63.8 Å². The van der Waals surface area contributed by atoms with E-state index in [1.54, 1.807) is 12.4 Å². The van der Waals surface area contributed by atoms with Gasteiger partial charge in [0.1, 0.15) is 5.82 Å². The number of anilines is 1. The molecule has 0 aliphatic heterocycles. The van der Waals surface area contributed by atoms with Gasteiger partial charge in [-0.05, 0) is 24.7 Å². The largest absolute Gasteiger partial charge is 0.383 e. The molecule has 100 valence electrons. The van der Waals surface area contributed by atoms with Crippen LogP contribution in [0.5, 0.6) is 0 Å². The van der Waals surface area contributed by atoms with Gasteiger partial charge in [-0.1, -0.05) is 24.6 Å². The molecule has 2 heterocycles. The van der Waals surface area contributed by atoms with Crippen LogP contribution in [-0.2, 0) is 6.42 Å². The number of rotatable bonds is 5. The normalized spacial score (nSPS) is 12.3. The quantitative estimate of drug-likeness (QED) is 0.881. The molecule has 0 bridgehead atoms. The smallest absolute Gasteiger partial charge is 0.128 e. The summed E-state index contributed by atoms with van der Waals surface area (Å²) in [6, 6.07) is 7.80. The van der Waals surface area contributed by atoms with Crippen molar-refractivity contribution in [1.29, 1.82) is 0 Å². The molecule has 0 aromatic carbocycles. The summed E-state index contributed by atoms with van der Waals surface area (Å²) in [5, 5.41) is 3.99. The number of halogens is 1. The monoisotopic (exact) mass is 276 g/mol. The van der Waals surface area contributed by atoms with Gasteiger partial charge in [-0.3, -0.25) is 4.98 Å². The second-order valence-corrected chi connectivity index (χ2v) is 4.70. The molecule has 2 aromatic rings. The molecule has 2 aromatic heterocycles. The number of nitrogen functional groups attached to an aromatic ring is 1. The molecule has 0 aliphatic carbocycles. The van der Waals surface area contributed by atoms with Gasteiger partial charge in [0.05, 0.1) is 5.02 Å². The van der Waals surface area contributed by atoms with Crippen LogP contribution in [0.2, 0.25) is 5.02 Å². The van der Waals surface area contributed by atoms with Gasteiger partial charge in [0, 0.05) is 36.1 Å². The van der Waals surface area contributed by atoms with E-state index in [2.05, 4.69) is 22.2 Å². The first-order valence-electron chi connectivity index (χ1n) is 6.25. The Hall–Kier alpha value is -1.65. The molecule has 2 rings (SSSR count). The van der Waals surface area contributed by atoms with Crippen LogP contribution < -0.4 is 11.1 Å². The van der Waals surface area contributed by atoms with Gasteiger partial charge in [0.25, 0.3) is 0 Å². The number of pyridine rings is 2. The highest BCUT2D eigenvalue weighted by Gasteiger charge is 2.16.